The van der Waals surface area contributed by atoms with Gasteiger partial charge in [-0.1, -0.05) is 31.5 Å². The average molecular weight is 290 g/mol. The van der Waals surface area contributed by atoms with Crippen molar-refractivity contribution in [1.82, 2.24) is 10.2 Å². The number of amides is 1. The van der Waals surface area contributed by atoms with Gasteiger partial charge < -0.3 is 10.2 Å². The number of benzene rings is 1. The number of carbonyl (C=O) groups excluding carboxylic acids is 1. The first-order valence-electron chi connectivity index (χ1n) is 7.73. The molecule has 0 aromatic heterocycles. The summed E-state index contributed by atoms with van der Waals surface area (Å²) in [6.45, 7) is 11.5. The largest absolute Gasteiger partial charge is 0.347 e. The molecular formula is C18H30N2O. The molecule has 118 valence electrons. The van der Waals surface area contributed by atoms with Gasteiger partial charge in [-0.25, -0.2) is 0 Å². The van der Waals surface area contributed by atoms with Crippen LogP contribution in [0.25, 0.3) is 0 Å². The third kappa shape index (κ3) is 5.16. The van der Waals surface area contributed by atoms with Gasteiger partial charge in [0.25, 0.3) is 0 Å². The molecule has 1 N–H and O–H groups in total. The van der Waals surface area contributed by atoms with E-state index in [2.05, 4.69) is 52.1 Å². The molecule has 0 aliphatic rings. The van der Waals surface area contributed by atoms with Crippen LogP contribution in [0.5, 0.6) is 0 Å². The minimum absolute atomic E-state index is 0.111. The Morgan fingerprint density at radius 3 is 2.10 bits per heavy atom. The highest BCUT2D eigenvalue weighted by molar-refractivity contribution is 5.81. The fourth-order valence-corrected chi connectivity index (χ4v) is 2.77. The van der Waals surface area contributed by atoms with E-state index in [1.54, 1.807) is 4.90 Å². The average Bonchev–Trinajstić information content (AvgIpc) is 2.34. The van der Waals surface area contributed by atoms with E-state index in [-0.39, 0.29) is 11.9 Å². The standard InChI is InChI=1S/C18H30N2O/c1-12(2)8-17(18(21)20(6)7)19-11-16-14(4)9-13(3)10-15(16)5/h9-10,12,17,19H,8,11H2,1-7H3. The maximum atomic E-state index is 12.3. The van der Waals surface area contributed by atoms with Crippen molar-refractivity contribution in [2.75, 3.05) is 14.1 Å². The molecule has 0 saturated heterocycles. The van der Waals surface area contributed by atoms with E-state index < -0.39 is 0 Å². The third-order valence-corrected chi connectivity index (χ3v) is 3.81. The van der Waals surface area contributed by atoms with Crippen molar-refractivity contribution >= 4 is 5.91 Å². The lowest BCUT2D eigenvalue weighted by atomic mass is 9.98. The number of hydrogen-bond acceptors (Lipinski definition) is 2. The molecule has 1 rings (SSSR count). The predicted octanol–water partition coefficient (Wildman–Crippen LogP) is 3.20. The van der Waals surface area contributed by atoms with Crippen LogP contribution in [0.2, 0.25) is 0 Å². The Hall–Kier alpha value is -1.35. The number of likely N-dealkylation sites (N-methyl/N-ethyl adjacent to an activating group) is 1. The third-order valence-electron chi connectivity index (χ3n) is 3.81. The Balaban J connectivity index is 2.84. The van der Waals surface area contributed by atoms with E-state index in [0.29, 0.717) is 5.92 Å². The molecule has 1 atom stereocenters. The molecule has 0 heterocycles. The molecule has 0 aliphatic carbocycles. The van der Waals surface area contributed by atoms with Crippen LogP contribution in [-0.2, 0) is 11.3 Å². The summed E-state index contributed by atoms with van der Waals surface area (Å²) in [5, 5.41) is 3.46. The fraction of sp³-hybridized carbons (Fsp3) is 0.611. The smallest absolute Gasteiger partial charge is 0.239 e. The van der Waals surface area contributed by atoms with Crippen LogP contribution in [0.15, 0.2) is 12.1 Å². The van der Waals surface area contributed by atoms with E-state index in [1.165, 1.54) is 22.3 Å². The van der Waals surface area contributed by atoms with Gasteiger partial charge >= 0.3 is 0 Å². The van der Waals surface area contributed by atoms with Crippen LogP contribution in [0, 0.1) is 26.7 Å². The number of nitrogens with one attached hydrogen (secondary N) is 1. The number of nitrogens with zero attached hydrogens (tertiary/aromatic N) is 1. The van der Waals surface area contributed by atoms with Gasteiger partial charge in [-0.05, 0) is 49.8 Å². The zero-order chi connectivity index (χ0) is 16.2. The summed E-state index contributed by atoms with van der Waals surface area (Å²) in [4.78, 5) is 14.0. The normalized spacial score (nSPS) is 12.6. The first kappa shape index (κ1) is 17.7. The van der Waals surface area contributed by atoms with E-state index >= 15 is 0 Å². The van der Waals surface area contributed by atoms with Crippen LogP contribution in [-0.4, -0.2) is 30.9 Å². The molecule has 3 nitrogen and oxygen atoms in total. The fourth-order valence-electron chi connectivity index (χ4n) is 2.77. The Morgan fingerprint density at radius 2 is 1.67 bits per heavy atom. The summed E-state index contributed by atoms with van der Waals surface area (Å²) < 4.78 is 0. The van der Waals surface area contributed by atoms with Crippen LogP contribution in [0.3, 0.4) is 0 Å². The number of carbonyl (C=O) groups is 1. The quantitative estimate of drug-likeness (QED) is 0.872. The molecule has 1 aromatic carbocycles. The molecule has 1 aromatic rings. The summed E-state index contributed by atoms with van der Waals surface area (Å²) in [5.74, 6) is 0.651. The zero-order valence-electron chi connectivity index (χ0n) is 14.6. The number of hydrogen-bond donors (Lipinski definition) is 1. The Morgan fingerprint density at radius 1 is 1.14 bits per heavy atom. The Kier molecular flexibility index (Phi) is 6.41. The van der Waals surface area contributed by atoms with Gasteiger partial charge in [0.1, 0.15) is 0 Å². The molecule has 0 saturated carbocycles. The second-order valence-corrected chi connectivity index (χ2v) is 6.67. The van der Waals surface area contributed by atoms with Gasteiger partial charge in [0.05, 0.1) is 6.04 Å². The Labute approximate surface area is 129 Å². The minimum Gasteiger partial charge on any atom is -0.347 e. The van der Waals surface area contributed by atoms with Gasteiger partial charge in [-0.2, -0.15) is 0 Å². The van der Waals surface area contributed by atoms with Crippen molar-refractivity contribution in [1.29, 1.82) is 0 Å². The highest BCUT2D eigenvalue weighted by Crippen LogP contribution is 2.17. The number of rotatable bonds is 6. The van der Waals surface area contributed by atoms with Crippen molar-refractivity contribution in [3.8, 4) is 0 Å². The van der Waals surface area contributed by atoms with Gasteiger partial charge in [-0.15, -0.1) is 0 Å². The van der Waals surface area contributed by atoms with Crippen molar-refractivity contribution in [3.05, 3.63) is 34.4 Å². The first-order chi connectivity index (χ1) is 9.72. The highest BCUT2D eigenvalue weighted by Gasteiger charge is 2.21. The molecule has 0 radical (unpaired) electrons. The molecule has 21 heavy (non-hydrogen) atoms. The Bertz CT molecular complexity index is 469. The second kappa shape index (κ2) is 7.60. The lowest BCUT2D eigenvalue weighted by Crippen LogP contribution is -2.44. The van der Waals surface area contributed by atoms with Gasteiger partial charge in [0.15, 0.2) is 0 Å². The second-order valence-electron chi connectivity index (χ2n) is 6.67. The molecule has 0 aliphatic heterocycles. The SMILES string of the molecule is Cc1cc(C)c(CNC(CC(C)C)C(=O)N(C)C)c(C)c1. The monoisotopic (exact) mass is 290 g/mol. The molecule has 3 heteroatoms. The zero-order valence-corrected chi connectivity index (χ0v) is 14.6. The summed E-state index contributed by atoms with van der Waals surface area (Å²) in [6, 6.07) is 4.30. The van der Waals surface area contributed by atoms with Gasteiger partial charge in [0.2, 0.25) is 5.91 Å². The first-order valence-corrected chi connectivity index (χ1v) is 7.73. The molecule has 0 bridgehead atoms. The lowest BCUT2D eigenvalue weighted by molar-refractivity contribution is -0.131. The van der Waals surface area contributed by atoms with Crippen molar-refractivity contribution < 1.29 is 4.79 Å². The maximum Gasteiger partial charge on any atom is 0.239 e. The minimum atomic E-state index is -0.111. The number of aryl methyl sites for hydroxylation is 3. The van der Waals surface area contributed by atoms with Crippen LogP contribution in [0.1, 0.15) is 42.5 Å². The van der Waals surface area contributed by atoms with E-state index in [4.69, 9.17) is 0 Å². The topological polar surface area (TPSA) is 32.3 Å². The van der Waals surface area contributed by atoms with Crippen molar-refractivity contribution in [3.63, 3.8) is 0 Å². The van der Waals surface area contributed by atoms with Crippen molar-refractivity contribution in [2.45, 2.75) is 53.6 Å². The van der Waals surface area contributed by atoms with Crippen LogP contribution >= 0.6 is 0 Å². The van der Waals surface area contributed by atoms with E-state index in [9.17, 15) is 4.79 Å². The van der Waals surface area contributed by atoms with Crippen molar-refractivity contribution in [2.24, 2.45) is 5.92 Å². The summed E-state index contributed by atoms with van der Waals surface area (Å²) >= 11 is 0. The molecule has 1 amide bonds. The predicted molar refractivity (Wildman–Crippen MR) is 89.4 cm³/mol. The summed E-state index contributed by atoms with van der Waals surface area (Å²) in [6.07, 6.45) is 0.862. The molecule has 0 spiro atoms. The lowest BCUT2D eigenvalue weighted by Gasteiger charge is -2.24. The molecule has 0 fully saturated rings. The maximum absolute atomic E-state index is 12.3. The van der Waals surface area contributed by atoms with E-state index in [1.807, 2.05) is 14.1 Å². The van der Waals surface area contributed by atoms with Crippen LogP contribution < -0.4 is 5.32 Å². The molecular weight excluding hydrogens is 260 g/mol. The summed E-state index contributed by atoms with van der Waals surface area (Å²) in [5.41, 5.74) is 5.18. The van der Waals surface area contributed by atoms with Gasteiger partial charge in [0, 0.05) is 20.6 Å². The summed E-state index contributed by atoms with van der Waals surface area (Å²) in [7, 11) is 3.64. The highest BCUT2D eigenvalue weighted by atomic mass is 16.2. The molecule has 1 unspecified atom stereocenters. The van der Waals surface area contributed by atoms with Gasteiger partial charge in [-0.3, -0.25) is 4.79 Å². The van der Waals surface area contributed by atoms with E-state index in [0.717, 1.165) is 13.0 Å². The van der Waals surface area contributed by atoms with Crippen LogP contribution in [0.4, 0.5) is 0 Å².